The minimum absolute atomic E-state index is 0.00324. The van der Waals surface area contributed by atoms with Crippen LogP contribution < -0.4 is 10.6 Å². The zero-order valence-electron chi connectivity index (χ0n) is 9.84. The molecule has 15 heavy (non-hydrogen) atoms. The zero-order chi connectivity index (χ0) is 11.7. The van der Waals surface area contributed by atoms with Crippen molar-refractivity contribution < 1.29 is 4.79 Å². The van der Waals surface area contributed by atoms with E-state index in [1.807, 2.05) is 21.0 Å². The van der Waals surface area contributed by atoms with Crippen LogP contribution in [0.2, 0.25) is 0 Å². The Hall–Kier alpha value is -1.05. The van der Waals surface area contributed by atoms with Gasteiger partial charge in [-0.05, 0) is 34.0 Å². The summed E-state index contributed by atoms with van der Waals surface area (Å²) >= 11 is 0. The summed E-state index contributed by atoms with van der Waals surface area (Å²) in [5.74, 6) is 2.42. The van der Waals surface area contributed by atoms with Gasteiger partial charge in [-0.15, -0.1) is 6.42 Å². The van der Waals surface area contributed by atoms with Crippen molar-refractivity contribution in [1.82, 2.24) is 15.5 Å². The highest BCUT2D eigenvalue weighted by Gasteiger charge is 2.06. The Bertz CT molecular complexity index is 220. The van der Waals surface area contributed by atoms with Gasteiger partial charge in [-0.2, -0.15) is 0 Å². The lowest BCUT2D eigenvalue weighted by Crippen LogP contribution is -2.40. The van der Waals surface area contributed by atoms with Gasteiger partial charge in [-0.3, -0.25) is 10.1 Å². The number of terminal acetylenes is 1. The molecule has 1 unspecified atom stereocenters. The van der Waals surface area contributed by atoms with Crippen molar-refractivity contribution in [2.24, 2.45) is 0 Å². The summed E-state index contributed by atoms with van der Waals surface area (Å²) in [6.45, 7) is 3.69. The first kappa shape index (κ1) is 13.9. The number of nitrogens with zero attached hydrogens (tertiary/aromatic N) is 1. The van der Waals surface area contributed by atoms with Gasteiger partial charge in [0, 0.05) is 6.04 Å². The molecule has 0 aromatic heterocycles. The fourth-order valence-electron chi connectivity index (χ4n) is 1.10. The summed E-state index contributed by atoms with van der Waals surface area (Å²) < 4.78 is 0. The predicted octanol–water partition coefficient (Wildman–Crippen LogP) is -0.334. The van der Waals surface area contributed by atoms with E-state index < -0.39 is 0 Å². The van der Waals surface area contributed by atoms with Gasteiger partial charge in [0.15, 0.2) is 0 Å². The van der Waals surface area contributed by atoms with E-state index in [1.54, 1.807) is 0 Å². The smallest absolute Gasteiger partial charge is 0.234 e. The van der Waals surface area contributed by atoms with Crippen molar-refractivity contribution in [3.8, 4) is 12.3 Å². The quantitative estimate of drug-likeness (QED) is 0.447. The number of hydrogen-bond donors (Lipinski definition) is 2. The molecule has 0 aliphatic rings. The standard InChI is InChI=1S/C11H21N3O/c1-5-7-12-9-11(15)13-10(2)6-8-14(3)4/h1,10,12H,6-9H2,2-4H3,(H,13,15). The minimum Gasteiger partial charge on any atom is -0.352 e. The second kappa shape index (κ2) is 8.27. The first-order chi connectivity index (χ1) is 7.06. The maximum atomic E-state index is 11.3. The molecule has 0 spiro atoms. The first-order valence-electron chi connectivity index (χ1n) is 5.14. The van der Waals surface area contributed by atoms with Gasteiger partial charge < -0.3 is 10.2 Å². The van der Waals surface area contributed by atoms with Crippen LogP contribution >= 0.6 is 0 Å². The Morgan fingerprint density at radius 3 is 2.73 bits per heavy atom. The minimum atomic E-state index is -0.00324. The van der Waals surface area contributed by atoms with E-state index in [-0.39, 0.29) is 18.5 Å². The zero-order valence-corrected chi connectivity index (χ0v) is 9.84. The Labute approximate surface area is 92.4 Å². The molecule has 1 atom stereocenters. The van der Waals surface area contributed by atoms with Gasteiger partial charge in [0.25, 0.3) is 0 Å². The Morgan fingerprint density at radius 1 is 1.53 bits per heavy atom. The molecule has 0 heterocycles. The van der Waals surface area contributed by atoms with Crippen LogP contribution in [0.25, 0.3) is 0 Å². The highest BCUT2D eigenvalue weighted by molar-refractivity contribution is 5.78. The summed E-state index contributed by atoms with van der Waals surface area (Å²) in [4.78, 5) is 13.4. The fraction of sp³-hybridized carbons (Fsp3) is 0.727. The van der Waals surface area contributed by atoms with E-state index in [9.17, 15) is 4.79 Å². The van der Waals surface area contributed by atoms with E-state index >= 15 is 0 Å². The molecule has 0 bridgehead atoms. The van der Waals surface area contributed by atoms with Gasteiger partial charge in [0.1, 0.15) is 0 Å². The third kappa shape index (κ3) is 9.26. The lowest BCUT2D eigenvalue weighted by molar-refractivity contribution is -0.120. The molecule has 0 radical (unpaired) electrons. The number of nitrogens with one attached hydrogen (secondary N) is 2. The van der Waals surface area contributed by atoms with Gasteiger partial charge in [-0.25, -0.2) is 0 Å². The summed E-state index contributed by atoms with van der Waals surface area (Å²) in [7, 11) is 4.03. The van der Waals surface area contributed by atoms with E-state index in [2.05, 4.69) is 21.5 Å². The number of carbonyl (C=O) groups is 1. The Kier molecular flexibility index (Phi) is 7.69. The van der Waals surface area contributed by atoms with E-state index in [0.29, 0.717) is 6.54 Å². The monoisotopic (exact) mass is 211 g/mol. The third-order valence-corrected chi connectivity index (χ3v) is 1.93. The Balaban J connectivity index is 3.54. The summed E-state index contributed by atoms with van der Waals surface area (Å²) in [6, 6.07) is 0.201. The van der Waals surface area contributed by atoms with Crippen LogP contribution in [0, 0.1) is 12.3 Å². The average molecular weight is 211 g/mol. The third-order valence-electron chi connectivity index (χ3n) is 1.93. The molecular weight excluding hydrogens is 190 g/mol. The number of amides is 1. The Morgan fingerprint density at radius 2 is 2.20 bits per heavy atom. The van der Waals surface area contributed by atoms with Gasteiger partial charge in [0.05, 0.1) is 13.1 Å². The molecule has 0 saturated heterocycles. The van der Waals surface area contributed by atoms with Crippen molar-refractivity contribution in [2.75, 3.05) is 33.7 Å². The van der Waals surface area contributed by atoms with Crippen molar-refractivity contribution in [3.63, 3.8) is 0 Å². The van der Waals surface area contributed by atoms with Gasteiger partial charge in [-0.1, -0.05) is 5.92 Å². The molecule has 2 N–H and O–H groups in total. The van der Waals surface area contributed by atoms with Crippen LogP contribution in [-0.2, 0) is 4.79 Å². The molecule has 0 aromatic carbocycles. The van der Waals surface area contributed by atoms with Crippen molar-refractivity contribution >= 4 is 5.91 Å². The van der Waals surface area contributed by atoms with Crippen molar-refractivity contribution in [1.29, 1.82) is 0 Å². The molecule has 4 heteroatoms. The van der Waals surface area contributed by atoms with Crippen LogP contribution in [0.1, 0.15) is 13.3 Å². The normalized spacial score (nSPS) is 12.2. The van der Waals surface area contributed by atoms with Crippen LogP contribution in [0.4, 0.5) is 0 Å². The second-order valence-corrected chi connectivity index (χ2v) is 3.87. The highest BCUT2D eigenvalue weighted by Crippen LogP contribution is 1.91. The molecule has 0 aliphatic carbocycles. The van der Waals surface area contributed by atoms with Crippen LogP contribution in [0.5, 0.6) is 0 Å². The molecule has 4 nitrogen and oxygen atoms in total. The largest absolute Gasteiger partial charge is 0.352 e. The SMILES string of the molecule is C#CCNCC(=O)NC(C)CCN(C)C. The average Bonchev–Trinajstić information content (AvgIpc) is 2.15. The van der Waals surface area contributed by atoms with E-state index in [1.165, 1.54) is 0 Å². The summed E-state index contributed by atoms with van der Waals surface area (Å²) in [5.41, 5.74) is 0. The maximum Gasteiger partial charge on any atom is 0.234 e. The van der Waals surface area contributed by atoms with Gasteiger partial charge in [0.2, 0.25) is 5.91 Å². The molecule has 0 aromatic rings. The lowest BCUT2D eigenvalue weighted by atomic mass is 10.2. The van der Waals surface area contributed by atoms with E-state index in [4.69, 9.17) is 6.42 Å². The summed E-state index contributed by atoms with van der Waals surface area (Å²) in [5, 5.41) is 5.74. The molecular formula is C11H21N3O. The molecule has 0 rings (SSSR count). The topological polar surface area (TPSA) is 44.4 Å². The summed E-state index contributed by atoms with van der Waals surface area (Å²) in [6.07, 6.45) is 6.00. The maximum absolute atomic E-state index is 11.3. The van der Waals surface area contributed by atoms with Crippen LogP contribution in [0.15, 0.2) is 0 Å². The fourth-order valence-corrected chi connectivity index (χ4v) is 1.10. The van der Waals surface area contributed by atoms with Crippen LogP contribution in [0.3, 0.4) is 0 Å². The number of rotatable bonds is 7. The van der Waals surface area contributed by atoms with Gasteiger partial charge >= 0.3 is 0 Å². The van der Waals surface area contributed by atoms with E-state index in [0.717, 1.165) is 13.0 Å². The molecule has 0 saturated carbocycles. The highest BCUT2D eigenvalue weighted by atomic mass is 16.1. The number of carbonyl (C=O) groups excluding carboxylic acids is 1. The van der Waals surface area contributed by atoms with Crippen LogP contribution in [-0.4, -0.2) is 50.6 Å². The first-order valence-corrected chi connectivity index (χ1v) is 5.14. The van der Waals surface area contributed by atoms with Crippen molar-refractivity contribution in [2.45, 2.75) is 19.4 Å². The second-order valence-electron chi connectivity index (χ2n) is 3.87. The lowest BCUT2D eigenvalue weighted by Gasteiger charge is -2.16. The predicted molar refractivity (Wildman–Crippen MR) is 62.5 cm³/mol. The molecule has 86 valence electrons. The molecule has 0 aliphatic heterocycles. The molecule has 1 amide bonds. The molecule has 0 fully saturated rings. The van der Waals surface area contributed by atoms with Crippen molar-refractivity contribution in [3.05, 3.63) is 0 Å². The number of hydrogen-bond acceptors (Lipinski definition) is 3.